The minimum absolute atomic E-state index is 0.237. The van der Waals surface area contributed by atoms with Crippen molar-refractivity contribution in [2.24, 2.45) is 0 Å². The van der Waals surface area contributed by atoms with Crippen LogP contribution in [0.2, 0.25) is 0 Å². The van der Waals surface area contributed by atoms with E-state index in [0.29, 0.717) is 25.6 Å². The average molecular weight is 432 g/mol. The summed E-state index contributed by atoms with van der Waals surface area (Å²) in [5.74, 6) is 0.466. The number of nitrogens with zero attached hydrogens (tertiary/aromatic N) is 4. The first-order valence-electron chi connectivity index (χ1n) is 8.79. The largest absolute Gasteiger partial charge is 0.381 e. The van der Waals surface area contributed by atoms with Crippen molar-refractivity contribution in [3.05, 3.63) is 70.2 Å². The Morgan fingerprint density at radius 1 is 1.11 bits per heavy atom. The summed E-state index contributed by atoms with van der Waals surface area (Å²) in [5, 5.41) is 15.8. The third-order valence-electron chi connectivity index (χ3n) is 4.94. The van der Waals surface area contributed by atoms with Crippen LogP contribution in [0.4, 0.5) is 4.39 Å². The van der Waals surface area contributed by atoms with Crippen molar-refractivity contribution in [1.82, 2.24) is 25.5 Å². The van der Waals surface area contributed by atoms with Crippen molar-refractivity contribution in [2.45, 2.75) is 24.9 Å². The molecule has 0 spiro atoms. The highest BCUT2D eigenvalue weighted by atomic mass is 79.9. The van der Waals surface area contributed by atoms with Crippen LogP contribution in [0.5, 0.6) is 0 Å². The molecule has 0 radical (unpaired) electrons. The molecule has 2 heterocycles. The average Bonchev–Trinajstić information content (AvgIpc) is 3.16. The van der Waals surface area contributed by atoms with Gasteiger partial charge >= 0.3 is 0 Å². The van der Waals surface area contributed by atoms with Crippen LogP contribution in [-0.2, 0) is 16.8 Å². The quantitative estimate of drug-likeness (QED) is 0.670. The third-order valence-corrected chi connectivity index (χ3v) is 5.61. The summed E-state index contributed by atoms with van der Waals surface area (Å²) >= 11 is 3.54. The molecule has 27 heavy (non-hydrogen) atoms. The molecule has 1 N–H and O–H groups in total. The molecule has 0 saturated carbocycles. The highest BCUT2D eigenvalue weighted by Crippen LogP contribution is 2.32. The Hall–Kier alpha value is -2.16. The minimum atomic E-state index is -0.295. The first kappa shape index (κ1) is 18.2. The molecule has 0 amide bonds. The number of tetrazole rings is 1. The summed E-state index contributed by atoms with van der Waals surface area (Å²) in [6, 6.07) is 14.5. The summed E-state index contributed by atoms with van der Waals surface area (Å²) in [6.07, 6.45) is 1.60. The lowest BCUT2D eigenvalue weighted by Crippen LogP contribution is -2.46. The van der Waals surface area contributed by atoms with Gasteiger partial charge in [-0.15, -0.1) is 5.10 Å². The maximum atomic E-state index is 13.4. The Balaban J connectivity index is 1.60. The zero-order valence-electron chi connectivity index (χ0n) is 14.6. The van der Waals surface area contributed by atoms with Crippen LogP contribution in [0, 0.1) is 5.82 Å². The van der Waals surface area contributed by atoms with E-state index in [1.165, 1.54) is 12.1 Å². The van der Waals surface area contributed by atoms with Gasteiger partial charge < -0.3 is 10.1 Å². The second-order valence-corrected chi connectivity index (χ2v) is 7.37. The zero-order chi connectivity index (χ0) is 18.7. The van der Waals surface area contributed by atoms with Gasteiger partial charge in [0.25, 0.3) is 0 Å². The number of hydrogen-bond donors (Lipinski definition) is 1. The molecule has 3 aromatic rings. The van der Waals surface area contributed by atoms with E-state index in [2.05, 4.69) is 36.8 Å². The normalized spacial score (nSPS) is 16.4. The molecular weight excluding hydrogens is 413 g/mol. The molecule has 1 fully saturated rings. The predicted molar refractivity (Wildman–Crippen MR) is 102 cm³/mol. The summed E-state index contributed by atoms with van der Waals surface area (Å²) in [7, 11) is 0. The van der Waals surface area contributed by atoms with Crippen molar-refractivity contribution >= 4 is 15.9 Å². The maximum absolute atomic E-state index is 13.4. The molecular formula is C19H19BrFN5O. The number of aromatic nitrogens is 4. The Bertz CT molecular complexity index is 908. The van der Waals surface area contributed by atoms with Crippen LogP contribution in [0.3, 0.4) is 0 Å². The summed E-state index contributed by atoms with van der Waals surface area (Å²) in [5.41, 5.74) is 1.63. The van der Waals surface area contributed by atoms with Crippen molar-refractivity contribution in [2.75, 3.05) is 13.2 Å². The molecule has 6 nitrogen and oxygen atoms in total. The van der Waals surface area contributed by atoms with Gasteiger partial charge in [-0.05, 0) is 69.0 Å². The number of hydrogen-bond acceptors (Lipinski definition) is 5. The van der Waals surface area contributed by atoms with Gasteiger partial charge in [-0.2, -0.15) is 4.68 Å². The summed E-state index contributed by atoms with van der Waals surface area (Å²) in [4.78, 5) is 0. The van der Waals surface area contributed by atoms with Crippen LogP contribution in [0.15, 0.2) is 53.0 Å². The molecule has 1 aliphatic heterocycles. The highest BCUT2D eigenvalue weighted by Gasteiger charge is 2.34. The number of halogens is 2. The van der Waals surface area contributed by atoms with Crippen molar-refractivity contribution < 1.29 is 9.13 Å². The van der Waals surface area contributed by atoms with Crippen LogP contribution < -0.4 is 5.32 Å². The molecule has 2 aromatic carbocycles. The summed E-state index contributed by atoms with van der Waals surface area (Å²) in [6.45, 7) is 1.78. The molecule has 140 valence electrons. The topological polar surface area (TPSA) is 64.9 Å². The standard InChI is InChI=1S/C19H19BrFN5O/c20-16-3-1-2-4-17(16)26-18(23-24-25-26)13-22-19(9-11-27-12-10-19)14-5-7-15(21)8-6-14/h1-8,22H,9-13H2. The van der Waals surface area contributed by atoms with Gasteiger partial charge in [0.2, 0.25) is 0 Å². The fourth-order valence-corrected chi connectivity index (χ4v) is 3.88. The van der Waals surface area contributed by atoms with Gasteiger partial charge in [-0.3, -0.25) is 0 Å². The first-order chi connectivity index (χ1) is 13.2. The molecule has 8 heteroatoms. The maximum Gasteiger partial charge on any atom is 0.170 e. The lowest BCUT2D eigenvalue weighted by atomic mass is 9.82. The Kier molecular flexibility index (Phi) is 5.29. The van der Waals surface area contributed by atoms with E-state index in [-0.39, 0.29) is 11.4 Å². The van der Waals surface area contributed by atoms with Crippen LogP contribution in [0.1, 0.15) is 24.2 Å². The molecule has 4 rings (SSSR count). The van der Waals surface area contributed by atoms with Gasteiger partial charge in [0.05, 0.1) is 12.2 Å². The summed E-state index contributed by atoms with van der Waals surface area (Å²) < 4.78 is 21.6. The van der Waals surface area contributed by atoms with E-state index in [4.69, 9.17) is 4.74 Å². The fourth-order valence-electron chi connectivity index (χ4n) is 3.43. The van der Waals surface area contributed by atoms with Crippen LogP contribution >= 0.6 is 15.9 Å². The fraction of sp³-hybridized carbons (Fsp3) is 0.316. The second-order valence-electron chi connectivity index (χ2n) is 6.51. The number of nitrogens with one attached hydrogen (secondary N) is 1. The Labute approximate surface area is 164 Å². The predicted octanol–water partition coefficient (Wildman–Crippen LogP) is 3.36. The van der Waals surface area contributed by atoms with E-state index in [0.717, 1.165) is 28.6 Å². The number of rotatable bonds is 5. The number of benzene rings is 2. The third kappa shape index (κ3) is 3.78. The Morgan fingerprint density at radius 2 is 1.85 bits per heavy atom. The van der Waals surface area contributed by atoms with Crippen LogP contribution in [-0.4, -0.2) is 33.4 Å². The molecule has 0 atom stereocenters. The smallest absolute Gasteiger partial charge is 0.170 e. The lowest BCUT2D eigenvalue weighted by Gasteiger charge is -2.38. The molecule has 0 bridgehead atoms. The number of ether oxygens (including phenoxy) is 1. The number of para-hydroxylation sites is 1. The van der Waals surface area contributed by atoms with E-state index in [9.17, 15) is 4.39 Å². The molecule has 1 aromatic heterocycles. The molecule has 1 saturated heterocycles. The highest BCUT2D eigenvalue weighted by molar-refractivity contribution is 9.10. The van der Waals surface area contributed by atoms with Gasteiger partial charge in [0, 0.05) is 23.2 Å². The van der Waals surface area contributed by atoms with E-state index < -0.39 is 0 Å². The van der Waals surface area contributed by atoms with Crippen molar-refractivity contribution in [3.8, 4) is 5.69 Å². The lowest BCUT2D eigenvalue weighted by molar-refractivity contribution is 0.0354. The zero-order valence-corrected chi connectivity index (χ0v) is 16.2. The van der Waals surface area contributed by atoms with E-state index in [1.54, 1.807) is 4.68 Å². The molecule has 0 unspecified atom stereocenters. The molecule has 0 aliphatic carbocycles. The van der Waals surface area contributed by atoms with Gasteiger partial charge in [-0.25, -0.2) is 4.39 Å². The van der Waals surface area contributed by atoms with Gasteiger partial charge in [-0.1, -0.05) is 24.3 Å². The van der Waals surface area contributed by atoms with E-state index >= 15 is 0 Å². The van der Waals surface area contributed by atoms with Crippen LogP contribution in [0.25, 0.3) is 5.69 Å². The SMILES string of the molecule is Fc1ccc(C2(NCc3nnnn3-c3ccccc3Br)CCOCC2)cc1. The first-order valence-corrected chi connectivity index (χ1v) is 9.58. The van der Waals surface area contributed by atoms with Gasteiger partial charge in [0.1, 0.15) is 5.82 Å². The Morgan fingerprint density at radius 3 is 2.59 bits per heavy atom. The van der Waals surface area contributed by atoms with E-state index in [1.807, 2.05) is 36.4 Å². The van der Waals surface area contributed by atoms with Crippen molar-refractivity contribution in [3.63, 3.8) is 0 Å². The second kappa shape index (κ2) is 7.84. The van der Waals surface area contributed by atoms with Crippen molar-refractivity contribution in [1.29, 1.82) is 0 Å². The minimum Gasteiger partial charge on any atom is -0.381 e. The van der Waals surface area contributed by atoms with Gasteiger partial charge in [0.15, 0.2) is 5.82 Å². The monoisotopic (exact) mass is 431 g/mol. The molecule has 1 aliphatic rings.